The van der Waals surface area contributed by atoms with Gasteiger partial charge in [0.05, 0.1) is 17.8 Å². The molecule has 0 saturated heterocycles. The van der Waals surface area contributed by atoms with Crippen LogP contribution in [0.1, 0.15) is 71.6 Å². The van der Waals surface area contributed by atoms with Gasteiger partial charge in [-0.05, 0) is 25.3 Å². The molecule has 1 atom stereocenters. The van der Waals surface area contributed by atoms with Crippen molar-refractivity contribution in [3.63, 3.8) is 0 Å². The number of nitriles is 1. The van der Waals surface area contributed by atoms with Crippen molar-refractivity contribution >= 4 is 0 Å². The Morgan fingerprint density at radius 2 is 1.76 bits per heavy atom. The molecular weight excluding hydrogens is 213 g/mol. The van der Waals surface area contributed by atoms with Crippen molar-refractivity contribution in [3.05, 3.63) is 11.9 Å². The summed E-state index contributed by atoms with van der Waals surface area (Å²) in [5, 5.41) is 8.92. The van der Waals surface area contributed by atoms with E-state index in [0.717, 1.165) is 38.5 Å². The molecule has 1 unspecified atom stereocenters. The van der Waals surface area contributed by atoms with Crippen molar-refractivity contribution in [1.29, 1.82) is 5.26 Å². The van der Waals surface area contributed by atoms with Gasteiger partial charge in [0.15, 0.2) is 0 Å². The van der Waals surface area contributed by atoms with Gasteiger partial charge in [-0.2, -0.15) is 5.26 Å². The van der Waals surface area contributed by atoms with Gasteiger partial charge < -0.3 is 0 Å². The van der Waals surface area contributed by atoms with Crippen LogP contribution in [-0.2, 0) is 0 Å². The van der Waals surface area contributed by atoms with Gasteiger partial charge in [-0.25, -0.2) is 4.39 Å². The summed E-state index contributed by atoms with van der Waals surface area (Å²) >= 11 is 0. The number of unbranched alkanes of at least 4 members (excludes halogenated alkanes) is 5. The van der Waals surface area contributed by atoms with Crippen molar-refractivity contribution in [2.45, 2.75) is 71.6 Å². The van der Waals surface area contributed by atoms with E-state index in [1.54, 1.807) is 0 Å². The number of halogens is 1. The molecule has 0 amide bonds. The summed E-state index contributed by atoms with van der Waals surface area (Å²) in [6.07, 6.45) is 10.5. The summed E-state index contributed by atoms with van der Waals surface area (Å²) in [5.41, 5.74) is 0. The highest BCUT2D eigenvalue weighted by Crippen LogP contribution is 2.17. The second-order valence-corrected chi connectivity index (χ2v) is 4.66. The van der Waals surface area contributed by atoms with Crippen molar-refractivity contribution in [3.8, 4) is 6.07 Å². The molecule has 0 fully saturated rings. The van der Waals surface area contributed by atoms with E-state index in [1.807, 2.05) is 0 Å². The predicted octanol–water partition coefficient (Wildman–Crippen LogP) is 5.53. The lowest BCUT2D eigenvalue weighted by Gasteiger charge is -2.04. The van der Waals surface area contributed by atoms with Gasteiger partial charge in [0.25, 0.3) is 0 Å². The fourth-order valence-electron chi connectivity index (χ4n) is 1.82. The molecule has 0 aliphatic rings. The average Bonchev–Trinajstić information content (AvgIpc) is 2.33. The lowest BCUT2D eigenvalue weighted by Crippen LogP contribution is -1.94. The van der Waals surface area contributed by atoms with Crippen LogP contribution in [0.15, 0.2) is 11.9 Å². The van der Waals surface area contributed by atoms with Crippen LogP contribution in [0.4, 0.5) is 4.39 Å². The molecule has 0 rings (SSSR count). The van der Waals surface area contributed by atoms with E-state index < -0.39 is 0 Å². The first kappa shape index (κ1) is 16.2. The second-order valence-electron chi connectivity index (χ2n) is 4.66. The molecule has 98 valence electrons. The fraction of sp³-hybridized carbons (Fsp3) is 0.800. The van der Waals surface area contributed by atoms with E-state index in [4.69, 9.17) is 5.26 Å². The van der Waals surface area contributed by atoms with Crippen LogP contribution in [0.5, 0.6) is 0 Å². The quantitative estimate of drug-likeness (QED) is 0.460. The minimum Gasteiger partial charge on any atom is -0.212 e. The van der Waals surface area contributed by atoms with E-state index >= 15 is 0 Å². The Hall–Kier alpha value is -0.840. The van der Waals surface area contributed by atoms with Crippen LogP contribution in [-0.4, -0.2) is 0 Å². The second kappa shape index (κ2) is 11.6. The van der Waals surface area contributed by atoms with Gasteiger partial charge in [-0.15, -0.1) is 0 Å². The highest BCUT2D eigenvalue weighted by Gasteiger charge is 2.05. The first-order valence-corrected chi connectivity index (χ1v) is 7.00. The molecule has 0 heterocycles. The topological polar surface area (TPSA) is 23.8 Å². The highest BCUT2D eigenvalue weighted by molar-refractivity contribution is 5.04. The number of nitrogens with zero attached hydrogens (tertiary/aromatic N) is 1. The van der Waals surface area contributed by atoms with Gasteiger partial charge in [-0.3, -0.25) is 0 Å². The summed E-state index contributed by atoms with van der Waals surface area (Å²) in [5.74, 6) is -0.322. The molecule has 0 aromatic heterocycles. The largest absolute Gasteiger partial charge is 0.212 e. The van der Waals surface area contributed by atoms with Crippen molar-refractivity contribution in [2.75, 3.05) is 0 Å². The molecule has 1 nitrogen and oxygen atoms in total. The molecule has 0 radical (unpaired) electrons. The van der Waals surface area contributed by atoms with Gasteiger partial charge in [0.1, 0.15) is 0 Å². The summed E-state index contributed by atoms with van der Waals surface area (Å²) in [4.78, 5) is 0. The van der Waals surface area contributed by atoms with E-state index in [2.05, 4.69) is 19.9 Å². The van der Waals surface area contributed by atoms with Crippen LogP contribution < -0.4 is 0 Å². The molecule has 0 N–H and O–H groups in total. The number of allylic oxidation sites excluding steroid dienone is 2. The Balaban J connectivity index is 3.83. The predicted molar refractivity (Wildman–Crippen MR) is 71.2 cm³/mol. The third-order valence-electron chi connectivity index (χ3n) is 2.94. The van der Waals surface area contributed by atoms with E-state index in [0.29, 0.717) is 6.42 Å². The molecule has 0 aromatic carbocycles. The third kappa shape index (κ3) is 10.1. The number of hydrogen-bond acceptors (Lipinski definition) is 1. The Bertz CT molecular complexity index is 240. The van der Waals surface area contributed by atoms with E-state index in [-0.39, 0.29) is 11.7 Å². The maximum absolute atomic E-state index is 13.5. The van der Waals surface area contributed by atoms with Crippen LogP contribution in [0.2, 0.25) is 0 Å². The first-order chi connectivity index (χ1) is 8.24. The summed E-state index contributed by atoms with van der Waals surface area (Å²) in [6, 6.07) is 2.18. The summed E-state index contributed by atoms with van der Waals surface area (Å²) in [6.45, 7) is 4.27. The van der Waals surface area contributed by atoms with Gasteiger partial charge in [0, 0.05) is 0 Å². The van der Waals surface area contributed by atoms with Crippen molar-refractivity contribution < 1.29 is 4.39 Å². The minimum atomic E-state index is -0.229. The summed E-state index contributed by atoms with van der Waals surface area (Å²) < 4.78 is 13.5. The van der Waals surface area contributed by atoms with Crippen LogP contribution >= 0.6 is 0 Å². The van der Waals surface area contributed by atoms with Crippen molar-refractivity contribution in [2.24, 2.45) is 5.92 Å². The molecule has 0 spiro atoms. The highest BCUT2D eigenvalue weighted by atomic mass is 19.1. The lowest BCUT2D eigenvalue weighted by atomic mass is 10.0. The van der Waals surface area contributed by atoms with Crippen molar-refractivity contribution in [1.82, 2.24) is 0 Å². The normalized spacial score (nSPS) is 13.4. The lowest BCUT2D eigenvalue weighted by molar-refractivity contribution is 0.533. The van der Waals surface area contributed by atoms with Crippen LogP contribution in [0.25, 0.3) is 0 Å². The zero-order chi connectivity index (χ0) is 12.9. The zero-order valence-electron chi connectivity index (χ0n) is 11.3. The smallest absolute Gasteiger partial charge is 0.0972 e. The molecule has 0 saturated carbocycles. The van der Waals surface area contributed by atoms with Gasteiger partial charge >= 0.3 is 0 Å². The molecular formula is C15H26FN. The summed E-state index contributed by atoms with van der Waals surface area (Å²) in [7, 11) is 0. The molecule has 0 aromatic rings. The number of rotatable bonds is 10. The molecule has 0 aliphatic carbocycles. The average molecular weight is 239 g/mol. The molecule has 2 heteroatoms. The Morgan fingerprint density at radius 3 is 2.35 bits per heavy atom. The Kier molecular flexibility index (Phi) is 11.1. The third-order valence-corrected chi connectivity index (χ3v) is 2.94. The standard InChI is InChI=1S/C15H26FN/c1-3-5-7-9-11-15(16)12-14(13-17)10-8-6-4-2/h12,14H,3-11H2,1-2H3. The maximum atomic E-state index is 13.5. The Labute approximate surface area is 106 Å². The SMILES string of the molecule is CCCCCCC(F)=CC(C#N)CCCCC. The number of hydrogen-bond donors (Lipinski definition) is 0. The van der Waals surface area contributed by atoms with Crippen LogP contribution in [0.3, 0.4) is 0 Å². The van der Waals surface area contributed by atoms with Gasteiger partial charge in [-0.1, -0.05) is 52.4 Å². The molecule has 17 heavy (non-hydrogen) atoms. The monoisotopic (exact) mass is 239 g/mol. The maximum Gasteiger partial charge on any atom is 0.0972 e. The van der Waals surface area contributed by atoms with E-state index in [1.165, 1.54) is 18.9 Å². The fourth-order valence-corrected chi connectivity index (χ4v) is 1.82. The first-order valence-electron chi connectivity index (χ1n) is 7.00. The van der Waals surface area contributed by atoms with E-state index in [9.17, 15) is 4.39 Å². The Morgan fingerprint density at radius 1 is 1.12 bits per heavy atom. The zero-order valence-corrected chi connectivity index (χ0v) is 11.3. The molecule has 0 bridgehead atoms. The van der Waals surface area contributed by atoms with Gasteiger partial charge in [0.2, 0.25) is 0 Å². The minimum absolute atomic E-state index is 0.0934. The van der Waals surface area contributed by atoms with Crippen LogP contribution in [0, 0.1) is 17.2 Å². The molecule has 0 aliphatic heterocycles.